The summed E-state index contributed by atoms with van der Waals surface area (Å²) >= 11 is 0. The topological polar surface area (TPSA) is 59.7 Å². The molecule has 0 bridgehead atoms. The average molecular weight is 322 g/mol. The monoisotopic (exact) mass is 322 g/mol. The first-order valence-electron chi connectivity index (χ1n) is 8.09. The molecule has 0 aliphatic heterocycles. The number of pyridine rings is 2. The second-order valence-corrected chi connectivity index (χ2v) is 5.91. The van der Waals surface area contributed by atoms with Crippen molar-refractivity contribution in [1.29, 1.82) is 0 Å². The first-order chi connectivity index (χ1) is 11.7. The Balaban J connectivity index is 1.71. The summed E-state index contributed by atoms with van der Waals surface area (Å²) in [4.78, 5) is 15.6. The number of hydrogen-bond acceptors (Lipinski definition) is 5. The summed E-state index contributed by atoms with van der Waals surface area (Å²) in [6, 6.07) is 12.3. The van der Waals surface area contributed by atoms with Gasteiger partial charge in [0.1, 0.15) is 12.7 Å². The molecule has 0 aromatic carbocycles. The fourth-order valence-electron chi connectivity index (χ4n) is 2.64. The van der Waals surface area contributed by atoms with Crippen LogP contribution >= 0.6 is 0 Å². The van der Waals surface area contributed by atoms with E-state index >= 15 is 0 Å². The van der Waals surface area contributed by atoms with Crippen LogP contribution in [0.1, 0.15) is 22.8 Å². The summed E-state index contributed by atoms with van der Waals surface area (Å²) in [6.07, 6.45) is 3.31. The summed E-state index contributed by atoms with van der Waals surface area (Å²) in [7, 11) is 0. The van der Waals surface area contributed by atoms with E-state index in [1.54, 1.807) is 12.7 Å². The summed E-state index contributed by atoms with van der Waals surface area (Å²) in [5.74, 6) is 0. The minimum absolute atomic E-state index is 0.784. The molecule has 0 amide bonds. The van der Waals surface area contributed by atoms with E-state index in [9.17, 15) is 0 Å². The van der Waals surface area contributed by atoms with Crippen LogP contribution in [0.2, 0.25) is 0 Å². The van der Waals surface area contributed by atoms with Crippen LogP contribution in [0, 0.1) is 13.8 Å². The minimum atomic E-state index is 0.784. The van der Waals surface area contributed by atoms with E-state index in [0.29, 0.717) is 0 Å². The summed E-state index contributed by atoms with van der Waals surface area (Å²) in [6.45, 7) is 7.25. The first-order valence-corrected chi connectivity index (χ1v) is 8.09. The van der Waals surface area contributed by atoms with E-state index in [0.717, 1.165) is 49.0 Å². The molecule has 6 nitrogen and oxygen atoms in total. The number of aryl methyl sites for hydroxylation is 2. The van der Waals surface area contributed by atoms with Crippen molar-refractivity contribution in [3.8, 4) is 0 Å². The molecular weight excluding hydrogens is 300 g/mol. The Labute approximate surface area is 142 Å². The van der Waals surface area contributed by atoms with Gasteiger partial charge in [-0.25, -0.2) is 4.98 Å². The van der Waals surface area contributed by atoms with Gasteiger partial charge in [-0.15, -0.1) is 0 Å². The van der Waals surface area contributed by atoms with Gasteiger partial charge in [0.15, 0.2) is 0 Å². The largest absolute Gasteiger partial charge is 0.290 e. The van der Waals surface area contributed by atoms with Crippen LogP contribution in [0.4, 0.5) is 0 Å². The van der Waals surface area contributed by atoms with E-state index < -0.39 is 0 Å². The predicted molar refractivity (Wildman–Crippen MR) is 92.1 cm³/mol. The first kappa shape index (κ1) is 16.3. The van der Waals surface area contributed by atoms with Gasteiger partial charge in [-0.2, -0.15) is 5.10 Å². The van der Waals surface area contributed by atoms with Gasteiger partial charge in [0.05, 0.1) is 17.9 Å². The molecule has 0 unspecified atom stereocenters. The molecule has 0 aliphatic carbocycles. The average Bonchev–Trinajstić information content (AvgIpc) is 3.06. The van der Waals surface area contributed by atoms with Crippen LogP contribution in [-0.2, 0) is 19.6 Å². The van der Waals surface area contributed by atoms with E-state index in [4.69, 9.17) is 0 Å². The van der Waals surface area contributed by atoms with Gasteiger partial charge in [-0.1, -0.05) is 12.1 Å². The molecule has 3 aromatic heterocycles. The number of hydrogen-bond donors (Lipinski definition) is 0. The second kappa shape index (κ2) is 7.79. The van der Waals surface area contributed by atoms with Gasteiger partial charge in [0.25, 0.3) is 0 Å². The maximum atomic E-state index is 4.62. The molecule has 0 saturated heterocycles. The van der Waals surface area contributed by atoms with Crippen LogP contribution in [0.5, 0.6) is 0 Å². The number of nitrogens with zero attached hydrogens (tertiary/aromatic N) is 6. The lowest BCUT2D eigenvalue weighted by Gasteiger charge is -2.22. The zero-order valence-corrected chi connectivity index (χ0v) is 14.1. The van der Waals surface area contributed by atoms with Crippen LogP contribution in [0.25, 0.3) is 0 Å². The highest BCUT2D eigenvalue weighted by Crippen LogP contribution is 2.09. The van der Waals surface area contributed by atoms with Crippen molar-refractivity contribution < 1.29 is 0 Å². The van der Waals surface area contributed by atoms with Crippen molar-refractivity contribution >= 4 is 0 Å². The minimum Gasteiger partial charge on any atom is -0.290 e. The Morgan fingerprint density at radius 2 is 1.54 bits per heavy atom. The third kappa shape index (κ3) is 4.70. The lowest BCUT2D eigenvalue weighted by atomic mass is 10.2. The molecule has 6 heteroatoms. The maximum Gasteiger partial charge on any atom is 0.137 e. The number of aromatic nitrogens is 5. The molecule has 3 rings (SSSR count). The summed E-state index contributed by atoms with van der Waals surface area (Å²) in [5, 5.41) is 4.18. The van der Waals surface area contributed by atoms with Crippen molar-refractivity contribution in [3.63, 3.8) is 0 Å². The lowest BCUT2D eigenvalue weighted by Crippen LogP contribution is -2.28. The molecule has 0 atom stereocenters. The smallest absolute Gasteiger partial charge is 0.137 e. The van der Waals surface area contributed by atoms with E-state index in [-0.39, 0.29) is 0 Å². The second-order valence-electron chi connectivity index (χ2n) is 5.91. The molecular formula is C18H22N6. The van der Waals surface area contributed by atoms with Gasteiger partial charge >= 0.3 is 0 Å². The highest BCUT2D eigenvalue weighted by molar-refractivity contribution is 5.12. The predicted octanol–water partition coefficient (Wildman–Crippen LogP) is 2.39. The normalized spacial score (nSPS) is 11.1. The molecule has 0 fully saturated rings. The molecule has 0 saturated carbocycles. The molecule has 124 valence electrons. The van der Waals surface area contributed by atoms with Gasteiger partial charge in [0, 0.05) is 31.0 Å². The molecule has 3 aromatic rings. The zero-order chi connectivity index (χ0) is 16.8. The lowest BCUT2D eigenvalue weighted by molar-refractivity contribution is 0.236. The van der Waals surface area contributed by atoms with E-state index in [2.05, 4.69) is 49.2 Å². The van der Waals surface area contributed by atoms with Crippen molar-refractivity contribution in [1.82, 2.24) is 29.6 Å². The molecule has 24 heavy (non-hydrogen) atoms. The van der Waals surface area contributed by atoms with Crippen LogP contribution < -0.4 is 0 Å². The third-order valence-electron chi connectivity index (χ3n) is 3.78. The van der Waals surface area contributed by atoms with E-state index in [1.165, 1.54) is 0 Å². The highest BCUT2D eigenvalue weighted by Gasteiger charge is 2.10. The van der Waals surface area contributed by atoms with Crippen molar-refractivity contribution in [2.75, 3.05) is 6.54 Å². The Morgan fingerprint density at radius 3 is 2.04 bits per heavy atom. The summed E-state index contributed by atoms with van der Waals surface area (Å²) < 4.78 is 1.85. The van der Waals surface area contributed by atoms with Gasteiger partial charge in [-0.3, -0.25) is 19.5 Å². The van der Waals surface area contributed by atoms with E-state index in [1.807, 2.05) is 30.7 Å². The van der Waals surface area contributed by atoms with Crippen LogP contribution in [0.3, 0.4) is 0 Å². The molecule has 0 aliphatic rings. The molecule has 3 heterocycles. The molecule has 0 radical (unpaired) electrons. The Kier molecular flexibility index (Phi) is 5.28. The quantitative estimate of drug-likeness (QED) is 0.668. The Bertz CT molecular complexity index is 721. The van der Waals surface area contributed by atoms with Crippen molar-refractivity contribution in [2.24, 2.45) is 0 Å². The Hall–Kier alpha value is -2.60. The highest BCUT2D eigenvalue weighted by atomic mass is 15.3. The third-order valence-corrected chi connectivity index (χ3v) is 3.78. The van der Waals surface area contributed by atoms with Crippen molar-refractivity contribution in [3.05, 3.63) is 71.8 Å². The fourth-order valence-corrected chi connectivity index (χ4v) is 2.64. The summed E-state index contributed by atoms with van der Waals surface area (Å²) in [5.41, 5.74) is 4.22. The standard InChI is InChI=1S/C18H22N6/c1-15-5-3-7-17(21-15)11-23(9-10-24-14-19-13-20-24)12-18-8-4-6-16(2)22-18/h3-8,13-14H,9-12H2,1-2H3. The molecule has 0 spiro atoms. The van der Waals surface area contributed by atoms with Gasteiger partial charge in [-0.05, 0) is 38.1 Å². The maximum absolute atomic E-state index is 4.62. The fraction of sp³-hybridized carbons (Fsp3) is 0.333. The van der Waals surface area contributed by atoms with Gasteiger partial charge in [0.2, 0.25) is 0 Å². The van der Waals surface area contributed by atoms with Crippen molar-refractivity contribution in [2.45, 2.75) is 33.5 Å². The SMILES string of the molecule is Cc1cccc(CN(CCn2cncn2)Cc2cccc(C)n2)n1. The van der Waals surface area contributed by atoms with Crippen LogP contribution in [-0.4, -0.2) is 36.2 Å². The Morgan fingerprint density at radius 1 is 0.917 bits per heavy atom. The van der Waals surface area contributed by atoms with Crippen LogP contribution in [0.15, 0.2) is 49.1 Å². The molecule has 0 N–H and O–H groups in total. The zero-order valence-electron chi connectivity index (χ0n) is 14.1. The number of rotatable bonds is 7. The van der Waals surface area contributed by atoms with Gasteiger partial charge < -0.3 is 0 Å².